The van der Waals surface area contributed by atoms with Crippen LogP contribution in [0.2, 0.25) is 0 Å². The molecule has 96 valence electrons. The van der Waals surface area contributed by atoms with Crippen LogP contribution in [0.1, 0.15) is 26.5 Å². The number of anilines is 1. The van der Waals surface area contributed by atoms with Crippen molar-refractivity contribution in [3.8, 4) is 0 Å². The summed E-state index contributed by atoms with van der Waals surface area (Å²) < 4.78 is 2.04. The van der Waals surface area contributed by atoms with E-state index < -0.39 is 0 Å². The minimum atomic E-state index is -0.00136. The summed E-state index contributed by atoms with van der Waals surface area (Å²) in [6.07, 6.45) is 1.99. The fourth-order valence-electron chi connectivity index (χ4n) is 1.51. The first-order chi connectivity index (χ1) is 7.99. The lowest BCUT2D eigenvalue weighted by molar-refractivity contribution is -0.118. The highest BCUT2D eigenvalue weighted by molar-refractivity contribution is 5.72. The second-order valence-corrected chi connectivity index (χ2v) is 4.66. The molecule has 1 aromatic rings. The molecule has 0 saturated carbocycles. The molecule has 0 aliphatic heterocycles. The average Bonchev–Trinajstić information content (AvgIpc) is 2.55. The second-order valence-electron chi connectivity index (χ2n) is 4.66. The molecule has 0 aromatic carbocycles. The van der Waals surface area contributed by atoms with Crippen LogP contribution in [0.15, 0.2) is 6.20 Å². The van der Waals surface area contributed by atoms with E-state index in [-0.39, 0.29) is 5.91 Å². The normalized spacial score (nSPS) is 10.6. The Bertz CT molecular complexity index is 371. The molecule has 2 N–H and O–H groups in total. The molecular weight excluding hydrogens is 216 g/mol. The molecule has 1 heterocycles. The number of imidazole rings is 1. The number of hydrogen-bond acceptors (Lipinski definition) is 3. The Balaban J connectivity index is 2.54. The van der Waals surface area contributed by atoms with Crippen molar-refractivity contribution >= 4 is 11.9 Å². The van der Waals surface area contributed by atoms with Crippen LogP contribution >= 0.6 is 0 Å². The molecule has 0 spiro atoms. The number of nitrogens with one attached hydrogen (secondary N) is 2. The van der Waals surface area contributed by atoms with Crippen molar-refractivity contribution in [2.24, 2.45) is 5.92 Å². The molecular formula is C12H22N4O. The largest absolute Gasteiger partial charge is 0.355 e. The smallest absolute Gasteiger partial charge is 0.216 e. The number of amides is 1. The summed E-state index contributed by atoms with van der Waals surface area (Å²) in [6, 6.07) is 0. The number of aromatic nitrogens is 2. The summed E-state index contributed by atoms with van der Waals surface area (Å²) in [5.41, 5.74) is 0.985. The van der Waals surface area contributed by atoms with E-state index in [1.54, 1.807) is 0 Å². The van der Waals surface area contributed by atoms with Crippen LogP contribution in [0.25, 0.3) is 0 Å². The van der Waals surface area contributed by atoms with E-state index in [0.717, 1.165) is 24.7 Å². The average molecular weight is 238 g/mol. The van der Waals surface area contributed by atoms with E-state index in [1.807, 2.05) is 17.7 Å². The van der Waals surface area contributed by atoms with Crippen LogP contribution in [0, 0.1) is 12.8 Å². The fraction of sp³-hybridized carbons (Fsp3) is 0.667. The van der Waals surface area contributed by atoms with Gasteiger partial charge in [0.05, 0.1) is 5.69 Å². The van der Waals surface area contributed by atoms with Gasteiger partial charge >= 0.3 is 0 Å². The minimum Gasteiger partial charge on any atom is -0.355 e. The van der Waals surface area contributed by atoms with Crippen molar-refractivity contribution < 1.29 is 4.79 Å². The quantitative estimate of drug-likeness (QED) is 0.787. The van der Waals surface area contributed by atoms with Crippen LogP contribution in [-0.2, 0) is 11.3 Å². The van der Waals surface area contributed by atoms with Crippen LogP contribution in [0.4, 0.5) is 5.95 Å². The van der Waals surface area contributed by atoms with Gasteiger partial charge in [0, 0.05) is 32.8 Å². The maximum Gasteiger partial charge on any atom is 0.216 e. The van der Waals surface area contributed by atoms with Crippen LogP contribution in [-0.4, -0.2) is 28.5 Å². The number of carbonyl (C=O) groups is 1. The molecule has 0 bridgehead atoms. The molecule has 1 aromatic heterocycles. The third kappa shape index (κ3) is 4.89. The Labute approximate surface area is 103 Å². The van der Waals surface area contributed by atoms with Gasteiger partial charge in [-0.3, -0.25) is 4.79 Å². The molecule has 0 radical (unpaired) electrons. The van der Waals surface area contributed by atoms with Gasteiger partial charge in [-0.05, 0) is 12.8 Å². The minimum absolute atomic E-state index is 0.00136. The predicted octanol–water partition coefficient (Wildman–Crippen LogP) is 1.40. The number of carbonyl (C=O) groups excluding carboxylic acids is 1. The Kier molecular flexibility index (Phi) is 5.00. The van der Waals surface area contributed by atoms with Gasteiger partial charge in [-0.2, -0.15) is 0 Å². The summed E-state index contributed by atoms with van der Waals surface area (Å²) in [4.78, 5) is 15.2. The first-order valence-corrected chi connectivity index (χ1v) is 6.01. The second kappa shape index (κ2) is 6.27. The van der Waals surface area contributed by atoms with Gasteiger partial charge < -0.3 is 15.2 Å². The van der Waals surface area contributed by atoms with Gasteiger partial charge in [0.1, 0.15) is 0 Å². The van der Waals surface area contributed by atoms with Crippen molar-refractivity contribution in [2.75, 3.05) is 18.4 Å². The number of hydrogen-bond donors (Lipinski definition) is 2. The zero-order valence-electron chi connectivity index (χ0n) is 11.1. The third-order valence-corrected chi connectivity index (χ3v) is 2.29. The Morgan fingerprint density at radius 2 is 2.24 bits per heavy atom. The summed E-state index contributed by atoms with van der Waals surface area (Å²) in [5, 5.41) is 6.09. The Morgan fingerprint density at radius 3 is 2.82 bits per heavy atom. The first-order valence-electron chi connectivity index (χ1n) is 6.01. The van der Waals surface area contributed by atoms with E-state index >= 15 is 0 Å². The maximum absolute atomic E-state index is 10.8. The molecule has 1 rings (SSSR count). The molecule has 0 fully saturated rings. The molecule has 5 heteroatoms. The van der Waals surface area contributed by atoms with Crippen LogP contribution in [0.3, 0.4) is 0 Å². The Morgan fingerprint density at radius 1 is 1.53 bits per heavy atom. The maximum atomic E-state index is 10.8. The van der Waals surface area contributed by atoms with Crippen molar-refractivity contribution in [3.05, 3.63) is 11.9 Å². The highest BCUT2D eigenvalue weighted by Gasteiger charge is 2.05. The molecule has 0 aliphatic carbocycles. The van der Waals surface area contributed by atoms with Gasteiger partial charge in [-0.15, -0.1) is 0 Å². The monoisotopic (exact) mass is 238 g/mol. The predicted molar refractivity (Wildman–Crippen MR) is 69.0 cm³/mol. The first kappa shape index (κ1) is 13.5. The van der Waals surface area contributed by atoms with E-state index in [0.29, 0.717) is 12.5 Å². The molecule has 17 heavy (non-hydrogen) atoms. The third-order valence-electron chi connectivity index (χ3n) is 2.29. The molecule has 0 atom stereocenters. The highest BCUT2D eigenvalue weighted by atomic mass is 16.1. The van der Waals surface area contributed by atoms with E-state index in [4.69, 9.17) is 0 Å². The van der Waals surface area contributed by atoms with Crippen molar-refractivity contribution in [1.82, 2.24) is 14.9 Å². The summed E-state index contributed by atoms with van der Waals surface area (Å²) in [5.74, 6) is 1.45. The number of nitrogens with zero attached hydrogens (tertiary/aromatic N) is 2. The lowest BCUT2D eigenvalue weighted by atomic mass is 10.2. The lowest BCUT2D eigenvalue weighted by Crippen LogP contribution is -2.25. The van der Waals surface area contributed by atoms with Crippen LogP contribution < -0.4 is 10.6 Å². The molecule has 1 amide bonds. The molecule has 0 unspecified atom stereocenters. The van der Waals surface area contributed by atoms with E-state index in [1.165, 1.54) is 6.92 Å². The topological polar surface area (TPSA) is 59.0 Å². The SMILES string of the molecule is CC(=O)NCCn1cc(C)nc1NCC(C)C. The summed E-state index contributed by atoms with van der Waals surface area (Å²) in [7, 11) is 0. The zero-order valence-corrected chi connectivity index (χ0v) is 11.1. The van der Waals surface area contributed by atoms with Crippen molar-refractivity contribution in [2.45, 2.75) is 34.2 Å². The fourth-order valence-corrected chi connectivity index (χ4v) is 1.51. The zero-order chi connectivity index (χ0) is 12.8. The summed E-state index contributed by atoms with van der Waals surface area (Å²) in [6.45, 7) is 10.1. The number of rotatable bonds is 6. The van der Waals surface area contributed by atoms with Gasteiger partial charge in [0.15, 0.2) is 0 Å². The van der Waals surface area contributed by atoms with Crippen molar-refractivity contribution in [1.29, 1.82) is 0 Å². The standard InChI is InChI=1S/C12H22N4O/c1-9(2)7-14-12-15-10(3)8-16(12)6-5-13-11(4)17/h8-9H,5-7H2,1-4H3,(H,13,17)(H,14,15). The van der Waals surface area contributed by atoms with E-state index in [9.17, 15) is 4.79 Å². The Hall–Kier alpha value is -1.52. The summed E-state index contributed by atoms with van der Waals surface area (Å²) >= 11 is 0. The molecule has 0 aliphatic rings. The number of aryl methyl sites for hydroxylation is 1. The van der Waals surface area contributed by atoms with Crippen molar-refractivity contribution in [3.63, 3.8) is 0 Å². The lowest BCUT2D eigenvalue weighted by Gasteiger charge is -2.11. The molecule has 0 saturated heterocycles. The van der Waals surface area contributed by atoms with Crippen LogP contribution in [0.5, 0.6) is 0 Å². The molecule has 5 nitrogen and oxygen atoms in total. The van der Waals surface area contributed by atoms with Gasteiger partial charge in [0.25, 0.3) is 0 Å². The highest BCUT2D eigenvalue weighted by Crippen LogP contribution is 2.08. The van der Waals surface area contributed by atoms with Gasteiger partial charge in [-0.1, -0.05) is 13.8 Å². The van der Waals surface area contributed by atoms with Gasteiger partial charge in [-0.25, -0.2) is 4.98 Å². The van der Waals surface area contributed by atoms with Gasteiger partial charge in [0.2, 0.25) is 11.9 Å². The van der Waals surface area contributed by atoms with E-state index in [2.05, 4.69) is 29.5 Å².